The first-order valence-electron chi connectivity index (χ1n) is 5.54. The fraction of sp³-hybridized carbons (Fsp3) is 1.00. The molecule has 1 atom stereocenters. The molecule has 1 saturated heterocycles. The lowest BCUT2D eigenvalue weighted by Crippen LogP contribution is -2.28. The van der Waals surface area contributed by atoms with Gasteiger partial charge >= 0.3 is 7.60 Å². The quantitative estimate of drug-likeness (QED) is 0.554. The first-order valence-corrected chi connectivity index (χ1v) is 7.08. The normalized spacial score (nSPS) is 32.9. The van der Waals surface area contributed by atoms with Gasteiger partial charge in [-0.05, 0) is 12.8 Å². The highest BCUT2D eigenvalue weighted by Crippen LogP contribution is 2.70. The molecule has 2 aliphatic rings. The highest BCUT2D eigenvalue weighted by atomic mass is 31.2. The molecule has 5 heteroatoms. The van der Waals surface area contributed by atoms with Crippen LogP contribution in [-0.2, 0) is 18.3 Å². The van der Waals surface area contributed by atoms with Gasteiger partial charge in [0.2, 0.25) is 0 Å². The van der Waals surface area contributed by atoms with Crippen molar-refractivity contribution < 1.29 is 18.3 Å². The summed E-state index contributed by atoms with van der Waals surface area (Å²) >= 11 is 0. The Morgan fingerprint density at radius 1 is 1.20 bits per heavy atom. The fourth-order valence-electron chi connectivity index (χ4n) is 2.63. The van der Waals surface area contributed by atoms with Crippen LogP contribution < -0.4 is 0 Å². The Morgan fingerprint density at radius 2 is 1.73 bits per heavy atom. The summed E-state index contributed by atoms with van der Waals surface area (Å²) in [7, 11) is -0.182. The molecule has 1 aliphatic heterocycles. The Labute approximate surface area is 90.8 Å². The summed E-state index contributed by atoms with van der Waals surface area (Å²) in [5, 5.41) is -0.614. The van der Waals surface area contributed by atoms with Crippen LogP contribution in [0.15, 0.2) is 0 Å². The predicted molar refractivity (Wildman–Crippen MR) is 56.9 cm³/mol. The SMILES string of the molecule is COP(=O)(OC)C1(C2CCCCC2)CO1. The summed E-state index contributed by atoms with van der Waals surface area (Å²) in [6.45, 7) is 0.524. The Morgan fingerprint density at radius 3 is 2.13 bits per heavy atom. The smallest absolute Gasteiger partial charge is 0.356 e. The molecule has 0 aromatic rings. The molecule has 0 bridgehead atoms. The first-order chi connectivity index (χ1) is 7.18. The van der Waals surface area contributed by atoms with E-state index in [0.29, 0.717) is 12.5 Å². The minimum atomic E-state index is -3.06. The third-order valence-corrected chi connectivity index (χ3v) is 6.14. The van der Waals surface area contributed by atoms with Gasteiger partial charge in [0.05, 0.1) is 6.61 Å². The van der Waals surface area contributed by atoms with Gasteiger partial charge in [0, 0.05) is 20.1 Å². The van der Waals surface area contributed by atoms with Crippen LogP contribution in [0, 0.1) is 5.92 Å². The maximum absolute atomic E-state index is 12.4. The molecule has 88 valence electrons. The largest absolute Gasteiger partial charge is 0.364 e. The van der Waals surface area contributed by atoms with Crippen LogP contribution in [0.25, 0.3) is 0 Å². The second-order valence-corrected chi connectivity index (χ2v) is 6.81. The van der Waals surface area contributed by atoms with Crippen LogP contribution in [0.2, 0.25) is 0 Å². The molecular weight excluding hydrogens is 215 g/mol. The van der Waals surface area contributed by atoms with Crippen molar-refractivity contribution in [3.63, 3.8) is 0 Å². The Balaban J connectivity index is 2.14. The first kappa shape index (κ1) is 11.6. The van der Waals surface area contributed by atoms with E-state index in [9.17, 15) is 4.57 Å². The maximum Gasteiger partial charge on any atom is 0.364 e. The van der Waals surface area contributed by atoms with Crippen LogP contribution in [0.5, 0.6) is 0 Å². The number of ether oxygens (including phenoxy) is 1. The Kier molecular flexibility index (Phi) is 3.22. The zero-order valence-electron chi connectivity index (χ0n) is 9.40. The summed E-state index contributed by atoms with van der Waals surface area (Å²) in [4.78, 5) is 0. The van der Waals surface area contributed by atoms with Gasteiger partial charge in [-0.1, -0.05) is 19.3 Å². The zero-order chi connectivity index (χ0) is 10.9. The van der Waals surface area contributed by atoms with Crippen LogP contribution >= 0.6 is 7.60 Å². The van der Waals surface area contributed by atoms with E-state index in [-0.39, 0.29) is 0 Å². The number of epoxide rings is 1. The molecule has 1 saturated carbocycles. The van der Waals surface area contributed by atoms with Crippen molar-refractivity contribution in [2.24, 2.45) is 5.92 Å². The fourth-order valence-corrected chi connectivity index (χ4v) is 4.48. The van der Waals surface area contributed by atoms with E-state index in [4.69, 9.17) is 13.8 Å². The highest BCUT2D eigenvalue weighted by molar-refractivity contribution is 7.55. The van der Waals surface area contributed by atoms with E-state index in [1.54, 1.807) is 0 Å². The summed E-state index contributed by atoms with van der Waals surface area (Å²) < 4.78 is 28.0. The van der Waals surface area contributed by atoms with Crippen molar-refractivity contribution >= 4 is 7.60 Å². The van der Waals surface area contributed by atoms with Gasteiger partial charge in [0.1, 0.15) is 0 Å². The molecule has 15 heavy (non-hydrogen) atoms. The molecule has 2 fully saturated rings. The number of rotatable bonds is 4. The molecule has 4 nitrogen and oxygen atoms in total. The van der Waals surface area contributed by atoms with Gasteiger partial charge in [-0.15, -0.1) is 0 Å². The molecular formula is C10H19O4P. The van der Waals surface area contributed by atoms with E-state index < -0.39 is 12.9 Å². The molecule has 2 rings (SSSR count). The maximum atomic E-state index is 12.4. The van der Waals surface area contributed by atoms with Gasteiger partial charge in [-0.2, -0.15) is 0 Å². The predicted octanol–water partition coefficient (Wildman–Crippen LogP) is 2.78. The molecule has 0 aromatic heterocycles. The average molecular weight is 234 g/mol. The second-order valence-electron chi connectivity index (χ2n) is 4.33. The lowest BCUT2D eigenvalue weighted by molar-refractivity contribution is 0.173. The molecule has 0 spiro atoms. The molecule has 0 radical (unpaired) electrons. The molecule has 0 aromatic carbocycles. The van der Waals surface area contributed by atoms with E-state index in [0.717, 1.165) is 12.8 Å². The summed E-state index contributed by atoms with van der Waals surface area (Å²) in [5.74, 6) is 0.344. The summed E-state index contributed by atoms with van der Waals surface area (Å²) in [5.41, 5.74) is 0. The third-order valence-electron chi connectivity index (χ3n) is 3.63. The van der Waals surface area contributed by atoms with E-state index in [2.05, 4.69) is 0 Å². The van der Waals surface area contributed by atoms with Gasteiger partial charge in [-0.3, -0.25) is 4.57 Å². The van der Waals surface area contributed by atoms with Gasteiger partial charge in [0.15, 0.2) is 5.34 Å². The van der Waals surface area contributed by atoms with E-state index >= 15 is 0 Å². The van der Waals surface area contributed by atoms with Gasteiger partial charge in [-0.25, -0.2) is 0 Å². The molecule has 1 unspecified atom stereocenters. The van der Waals surface area contributed by atoms with Crippen molar-refractivity contribution in [2.75, 3.05) is 20.8 Å². The highest BCUT2D eigenvalue weighted by Gasteiger charge is 2.66. The summed E-state index contributed by atoms with van der Waals surface area (Å²) in [6.07, 6.45) is 5.83. The summed E-state index contributed by atoms with van der Waals surface area (Å²) in [6, 6.07) is 0. The van der Waals surface area contributed by atoms with Gasteiger partial charge in [0.25, 0.3) is 0 Å². The van der Waals surface area contributed by atoms with Crippen molar-refractivity contribution in [1.82, 2.24) is 0 Å². The zero-order valence-corrected chi connectivity index (χ0v) is 10.3. The minimum Gasteiger partial charge on any atom is -0.356 e. The molecule has 1 heterocycles. The topological polar surface area (TPSA) is 48.1 Å². The van der Waals surface area contributed by atoms with Crippen LogP contribution in [-0.4, -0.2) is 26.2 Å². The van der Waals surface area contributed by atoms with Gasteiger partial charge < -0.3 is 13.8 Å². The molecule has 1 aliphatic carbocycles. The van der Waals surface area contributed by atoms with E-state index in [1.807, 2.05) is 0 Å². The number of hydrogen-bond donors (Lipinski definition) is 0. The lowest BCUT2D eigenvalue weighted by atomic mass is 9.87. The van der Waals surface area contributed by atoms with Crippen molar-refractivity contribution in [1.29, 1.82) is 0 Å². The van der Waals surface area contributed by atoms with Crippen LogP contribution in [0.4, 0.5) is 0 Å². The van der Waals surface area contributed by atoms with Crippen LogP contribution in [0.3, 0.4) is 0 Å². The third kappa shape index (κ3) is 1.78. The van der Waals surface area contributed by atoms with Crippen LogP contribution in [0.1, 0.15) is 32.1 Å². The average Bonchev–Trinajstić information content (AvgIpc) is 3.11. The number of hydrogen-bond acceptors (Lipinski definition) is 4. The molecule has 0 amide bonds. The minimum absolute atomic E-state index is 0.344. The lowest BCUT2D eigenvalue weighted by Gasteiger charge is -2.31. The monoisotopic (exact) mass is 234 g/mol. The van der Waals surface area contributed by atoms with Crippen molar-refractivity contribution in [2.45, 2.75) is 37.4 Å². The second kappa shape index (κ2) is 4.17. The van der Waals surface area contributed by atoms with Crippen molar-refractivity contribution in [3.05, 3.63) is 0 Å². The Bertz CT molecular complexity index is 261. The Hall–Kier alpha value is 0.110. The van der Waals surface area contributed by atoms with E-state index in [1.165, 1.54) is 33.5 Å². The van der Waals surface area contributed by atoms with Crippen molar-refractivity contribution in [3.8, 4) is 0 Å². The standard InChI is InChI=1S/C10H19O4P/c1-12-15(11,13-2)10(8-14-10)9-6-4-3-5-7-9/h9H,3-8H2,1-2H3. The molecule has 0 N–H and O–H groups in total.